The highest BCUT2D eigenvalue weighted by atomic mass is 79.9. The van der Waals surface area contributed by atoms with E-state index < -0.39 is 0 Å². The van der Waals surface area contributed by atoms with Gasteiger partial charge >= 0.3 is 0 Å². The fraction of sp³-hybridized carbons (Fsp3) is 0.417. The molecule has 0 aromatic heterocycles. The quantitative estimate of drug-likeness (QED) is 0.779. The van der Waals surface area contributed by atoms with Crippen LogP contribution >= 0.6 is 15.9 Å². The molecular formula is C12H14BrNO. The van der Waals surface area contributed by atoms with Crippen LogP contribution in [0, 0.1) is 11.3 Å². The fourth-order valence-electron chi connectivity index (χ4n) is 1.32. The summed E-state index contributed by atoms with van der Waals surface area (Å²) in [5, 5.41) is 9.01. The molecule has 0 spiro atoms. The monoisotopic (exact) mass is 267 g/mol. The SMILES string of the molecule is COc1c(Br)cc(C(C)(C)C)cc1C#N. The van der Waals surface area contributed by atoms with Gasteiger partial charge in [0.05, 0.1) is 17.1 Å². The molecule has 0 aliphatic heterocycles. The molecule has 0 bridgehead atoms. The van der Waals surface area contributed by atoms with E-state index in [4.69, 9.17) is 10.00 Å². The van der Waals surface area contributed by atoms with Gasteiger partial charge in [-0.2, -0.15) is 5.26 Å². The number of ether oxygens (including phenoxy) is 1. The summed E-state index contributed by atoms with van der Waals surface area (Å²) in [4.78, 5) is 0. The van der Waals surface area contributed by atoms with Crippen molar-refractivity contribution in [3.8, 4) is 11.8 Å². The summed E-state index contributed by atoms with van der Waals surface area (Å²) in [5.41, 5.74) is 1.71. The van der Waals surface area contributed by atoms with E-state index >= 15 is 0 Å². The van der Waals surface area contributed by atoms with E-state index in [-0.39, 0.29) is 5.41 Å². The van der Waals surface area contributed by atoms with Crippen molar-refractivity contribution in [2.75, 3.05) is 7.11 Å². The third-order valence-electron chi connectivity index (χ3n) is 2.23. The predicted octanol–water partition coefficient (Wildman–Crippen LogP) is 3.63. The van der Waals surface area contributed by atoms with Gasteiger partial charge in [-0.15, -0.1) is 0 Å². The van der Waals surface area contributed by atoms with E-state index in [2.05, 4.69) is 42.8 Å². The van der Waals surface area contributed by atoms with Crippen molar-refractivity contribution in [1.29, 1.82) is 5.26 Å². The van der Waals surface area contributed by atoms with E-state index in [0.29, 0.717) is 11.3 Å². The molecule has 0 N–H and O–H groups in total. The first-order chi connectivity index (χ1) is 6.90. The molecule has 0 atom stereocenters. The molecular weight excluding hydrogens is 254 g/mol. The molecule has 15 heavy (non-hydrogen) atoms. The molecule has 2 nitrogen and oxygen atoms in total. The summed E-state index contributed by atoms with van der Waals surface area (Å²) in [7, 11) is 1.57. The second-order valence-electron chi connectivity index (χ2n) is 4.40. The summed E-state index contributed by atoms with van der Waals surface area (Å²) >= 11 is 3.42. The standard InChI is InChI=1S/C12H14BrNO/c1-12(2,3)9-5-8(7-14)11(15-4)10(13)6-9/h5-6H,1-4H3. The lowest BCUT2D eigenvalue weighted by Gasteiger charge is -2.20. The van der Waals surface area contributed by atoms with Crippen LogP contribution in [-0.4, -0.2) is 7.11 Å². The Kier molecular flexibility index (Phi) is 3.41. The summed E-state index contributed by atoms with van der Waals surface area (Å²) in [6.45, 7) is 6.34. The van der Waals surface area contributed by atoms with Crippen LogP contribution in [0.5, 0.6) is 5.75 Å². The number of nitriles is 1. The van der Waals surface area contributed by atoms with Gasteiger partial charge in [0.15, 0.2) is 5.75 Å². The fourth-order valence-corrected chi connectivity index (χ4v) is 1.94. The zero-order chi connectivity index (χ0) is 11.6. The molecule has 1 rings (SSSR count). The Morgan fingerprint density at radius 3 is 2.33 bits per heavy atom. The van der Waals surface area contributed by atoms with Gasteiger partial charge in [-0.3, -0.25) is 0 Å². The van der Waals surface area contributed by atoms with Gasteiger partial charge in [0, 0.05) is 0 Å². The Balaban J connectivity index is 3.41. The Labute approximate surface area is 99.0 Å². The minimum Gasteiger partial charge on any atom is -0.494 e. The van der Waals surface area contributed by atoms with Crippen LogP contribution in [0.3, 0.4) is 0 Å². The van der Waals surface area contributed by atoms with Crippen molar-refractivity contribution >= 4 is 15.9 Å². The van der Waals surface area contributed by atoms with Crippen molar-refractivity contribution in [3.05, 3.63) is 27.7 Å². The van der Waals surface area contributed by atoms with Gasteiger partial charge < -0.3 is 4.74 Å². The van der Waals surface area contributed by atoms with Gasteiger partial charge in [-0.25, -0.2) is 0 Å². The largest absolute Gasteiger partial charge is 0.494 e. The third kappa shape index (κ3) is 2.51. The van der Waals surface area contributed by atoms with E-state index in [1.165, 1.54) is 0 Å². The second-order valence-corrected chi connectivity index (χ2v) is 5.26. The van der Waals surface area contributed by atoms with Gasteiger partial charge in [-0.1, -0.05) is 20.8 Å². The van der Waals surface area contributed by atoms with E-state index in [9.17, 15) is 0 Å². The Morgan fingerprint density at radius 2 is 1.93 bits per heavy atom. The molecule has 0 amide bonds. The highest BCUT2D eigenvalue weighted by molar-refractivity contribution is 9.10. The zero-order valence-corrected chi connectivity index (χ0v) is 11.0. The van der Waals surface area contributed by atoms with Gasteiger partial charge in [0.2, 0.25) is 0 Å². The first-order valence-electron chi connectivity index (χ1n) is 4.68. The highest BCUT2D eigenvalue weighted by Gasteiger charge is 2.18. The number of benzene rings is 1. The van der Waals surface area contributed by atoms with Gasteiger partial charge in [0.1, 0.15) is 6.07 Å². The minimum absolute atomic E-state index is 0.0282. The van der Waals surface area contributed by atoms with Crippen LogP contribution in [0.25, 0.3) is 0 Å². The second kappa shape index (κ2) is 4.24. The number of hydrogen-bond donors (Lipinski definition) is 0. The molecule has 1 aromatic carbocycles. The molecule has 0 unspecified atom stereocenters. The van der Waals surface area contributed by atoms with Crippen LogP contribution in [0.1, 0.15) is 31.9 Å². The molecule has 0 saturated carbocycles. The number of hydrogen-bond acceptors (Lipinski definition) is 2. The normalized spacial score (nSPS) is 10.9. The summed E-state index contributed by atoms with van der Waals surface area (Å²) < 4.78 is 5.99. The van der Waals surface area contributed by atoms with Crippen LogP contribution in [0.4, 0.5) is 0 Å². The van der Waals surface area contributed by atoms with Crippen molar-refractivity contribution in [2.24, 2.45) is 0 Å². The molecule has 1 aromatic rings. The van der Waals surface area contributed by atoms with Crippen molar-refractivity contribution in [3.63, 3.8) is 0 Å². The smallest absolute Gasteiger partial charge is 0.150 e. The molecule has 0 aliphatic rings. The lowest BCUT2D eigenvalue weighted by atomic mass is 9.86. The highest BCUT2D eigenvalue weighted by Crippen LogP contribution is 2.34. The minimum atomic E-state index is 0.0282. The predicted molar refractivity (Wildman–Crippen MR) is 64.1 cm³/mol. The lowest BCUT2D eigenvalue weighted by Crippen LogP contribution is -2.11. The van der Waals surface area contributed by atoms with Crippen LogP contribution in [-0.2, 0) is 5.41 Å². The Bertz CT molecular complexity index is 413. The molecule has 0 aliphatic carbocycles. The van der Waals surface area contributed by atoms with E-state index in [0.717, 1.165) is 10.0 Å². The molecule has 80 valence electrons. The Morgan fingerprint density at radius 1 is 1.33 bits per heavy atom. The average molecular weight is 268 g/mol. The topological polar surface area (TPSA) is 33.0 Å². The van der Waals surface area contributed by atoms with E-state index in [1.807, 2.05) is 12.1 Å². The third-order valence-corrected chi connectivity index (χ3v) is 2.82. The maximum atomic E-state index is 9.01. The van der Waals surface area contributed by atoms with Gasteiger partial charge in [0.25, 0.3) is 0 Å². The number of rotatable bonds is 1. The summed E-state index contributed by atoms with van der Waals surface area (Å²) in [6, 6.07) is 6.02. The maximum absolute atomic E-state index is 9.01. The van der Waals surface area contributed by atoms with Crippen LogP contribution in [0.15, 0.2) is 16.6 Å². The molecule has 0 saturated heterocycles. The van der Waals surface area contributed by atoms with Crippen molar-refractivity contribution < 1.29 is 4.74 Å². The Hall–Kier alpha value is -1.01. The molecule has 0 fully saturated rings. The van der Waals surface area contributed by atoms with Crippen molar-refractivity contribution in [1.82, 2.24) is 0 Å². The summed E-state index contributed by atoms with van der Waals surface area (Å²) in [6.07, 6.45) is 0. The lowest BCUT2D eigenvalue weighted by molar-refractivity contribution is 0.410. The maximum Gasteiger partial charge on any atom is 0.150 e. The van der Waals surface area contributed by atoms with Crippen molar-refractivity contribution in [2.45, 2.75) is 26.2 Å². The van der Waals surface area contributed by atoms with Gasteiger partial charge in [-0.05, 0) is 39.0 Å². The number of methoxy groups -OCH3 is 1. The molecule has 0 heterocycles. The molecule has 0 radical (unpaired) electrons. The average Bonchev–Trinajstić information content (AvgIpc) is 2.15. The molecule has 3 heteroatoms. The zero-order valence-electron chi connectivity index (χ0n) is 9.39. The van der Waals surface area contributed by atoms with Crippen LogP contribution in [0.2, 0.25) is 0 Å². The first-order valence-corrected chi connectivity index (χ1v) is 5.47. The van der Waals surface area contributed by atoms with Crippen LogP contribution < -0.4 is 4.74 Å². The number of nitrogens with zero attached hydrogens (tertiary/aromatic N) is 1. The van der Waals surface area contributed by atoms with E-state index in [1.54, 1.807) is 7.11 Å². The number of halogens is 1. The summed E-state index contributed by atoms with van der Waals surface area (Å²) in [5.74, 6) is 0.602. The first kappa shape index (κ1) is 12.1.